The Kier molecular flexibility index (Phi) is 7.82. The van der Waals surface area contributed by atoms with Crippen molar-refractivity contribution >= 4 is 11.0 Å². The zero-order chi connectivity index (χ0) is 21.4. The molecule has 152 valence electrons. The fraction of sp³-hybridized carbons (Fsp3) is 0.300. The van der Waals surface area contributed by atoms with Crippen LogP contribution < -0.4 is 4.74 Å². The van der Waals surface area contributed by atoms with Crippen LogP contribution in [0.3, 0.4) is 0 Å². The molecule has 2 atom stereocenters. The summed E-state index contributed by atoms with van der Waals surface area (Å²) in [5, 5.41) is 36.0. The topological polar surface area (TPSA) is 118 Å². The molecule has 7 nitrogen and oxygen atoms in total. The van der Waals surface area contributed by atoms with Gasteiger partial charge in [0.2, 0.25) is 0 Å². The molecule has 1 aliphatic heterocycles. The number of methoxy groups -OCH3 is 1. The van der Waals surface area contributed by atoms with Gasteiger partial charge >= 0.3 is 0 Å². The molecule has 1 aliphatic rings. The number of benzene rings is 2. The molecule has 2 unspecified atom stereocenters. The molecule has 0 bridgehead atoms. The predicted octanol–water partition coefficient (Wildman–Crippen LogP) is 1.72. The van der Waals surface area contributed by atoms with Crippen molar-refractivity contribution in [1.82, 2.24) is 4.31 Å². The highest BCUT2D eigenvalue weighted by Gasteiger charge is 2.38. The third-order valence-electron chi connectivity index (χ3n) is 4.31. The lowest BCUT2D eigenvalue weighted by molar-refractivity contribution is -0.000502. The Morgan fingerprint density at radius 1 is 1.24 bits per heavy atom. The van der Waals surface area contributed by atoms with Crippen molar-refractivity contribution in [3.05, 3.63) is 59.4 Å². The van der Waals surface area contributed by atoms with E-state index in [1.807, 2.05) is 6.07 Å². The van der Waals surface area contributed by atoms with E-state index in [4.69, 9.17) is 20.4 Å². The third kappa shape index (κ3) is 5.83. The molecule has 0 saturated carbocycles. The number of β-amino-alcohol motifs (C(OH)–C–C–N with tert-alkyl or cyclic N) is 1. The molecule has 0 radical (unpaired) electrons. The van der Waals surface area contributed by atoms with Crippen molar-refractivity contribution in [3.63, 3.8) is 0 Å². The lowest BCUT2D eigenvalue weighted by atomic mass is 10.1. The normalized spacial score (nSPS) is 19.4. The van der Waals surface area contributed by atoms with Crippen LogP contribution in [0.5, 0.6) is 5.75 Å². The van der Waals surface area contributed by atoms with Crippen LogP contribution >= 0.6 is 0 Å². The number of nitriles is 2. The van der Waals surface area contributed by atoms with Gasteiger partial charge in [0.25, 0.3) is 0 Å². The molecule has 9 heteroatoms. The number of nitrogens with zero attached hydrogens (tertiary/aromatic N) is 3. The highest BCUT2D eigenvalue weighted by molar-refractivity contribution is 7.82. The minimum atomic E-state index is -1.36. The summed E-state index contributed by atoms with van der Waals surface area (Å²) in [5.74, 6) is -0.131. The monoisotopic (exact) mass is 417 g/mol. The zero-order valence-corrected chi connectivity index (χ0v) is 16.5. The second kappa shape index (κ2) is 10.1. The van der Waals surface area contributed by atoms with Gasteiger partial charge in [-0.05, 0) is 42.8 Å². The van der Waals surface area contributed by atoms with Crippen molar-refractivity contribution in [1.29, 1.82) is 10.5 Å². The van der Waals surface area contributed by atoms with E-state index in [1.54, 1.807) is 40.7 Å². The summed E-state index contributed by atoms with van der Waals surface area (Å²) in [7, 11) is 0.0809. The van der Waals surface area contributed by atoms with Crippen molar-refractivity contribution < 1.29 is 23.5 Å². The first-order valence-electron chi connectivity index (χ1n) is 8.59. The van der Waals surface area contributed by atoms with Crippen LogP contribution in [-0.4, -0.2) is 51.1 Å². The number of hydrogen-bond acceptors (Lipinski definition) is 6. The Morgan fingerprint density at radius 2 is 1.93 bits per heavy atom. The van der Waals surface area contributed by atoms with Gasteiger partial charge in [0, 0.05) is 19.2 Å². The molecule has 29 heavy (non-hydrogen) atoms. The molecule has 0 aliphatic carbocycles. The van der Waals surface area contributed by atoms with Gasteiger partial charge in [0.05, 0.1) is 35.8 Å². The number of aliphatic hydroxyl groups is 2. The average Bonchev–Trinajstić information content (AvgIpc) is 3.16. The lowest BCUT2D eigenvalue weighted by Crippen LogP contribution is -2.37. The van der Waals surface area contributed by atoms with Gasteiger partial charge < -0.3 is 14.9 Å². The molecule has 2 aromatic carbocycles. The van der Waals surface area contributed by atoms with E-state index in [9.17, 15) is 13.7 Å². The van der Waals surface area contributed by atoms with Gasteiger partial charge in [-0.25, -0.2) is 12.9 Å². The highest BCUT2D eigenvalue weighted by atomic mass is 32.2. The van der Waals surface area contributed by atoms with Crippen LogP contribution in [0.4, 0.5) is 4.39 Å². The van der Waals surface area contributed by atoms with Crippen LogP contribution in [0.2, 0.25) is 0 Å². The first-order chi connectivity index (χ1) is 13.9. The van der Waals surface area contributed by atoms with Crippen LogP contribution in [0, 0.1) is 28.5 Å². The van der Waals surface area contributed by atoms with Crippen LogP contribution in [0.25, 0.3) is 0 Å². The maximum atomic E-state index is 12.7. The number of ether oxygens (including phenoxy) is 1. The summed E-state index contributed by atoms with van der Waals surface area (Å²) in [4.78, 5) is 0.594. The molecule has 2 N–H and O–H groups in total. The summed E-state index contributed by atoms with van der Waals surface area (Å²) >= 11 is 0. The molecule has 1 fully saturated rings. The molecular weight excluding hydrogens is 397 g/mol. The second-order valence-electron chi connectivity index (χ2n) is 6.34. The third-order valence-corrected chi connectivity index (χ3v) is 5.76. The minimum absolute atomic E-state index is 0.0331. The van der Waals surface area contributed by atoms with Gasteiger partial charge in [-0.3, -0.25) is 0 Å². The zero-order valence-electron chi connectivity index (χ0n) is 15.7. The van der Waals surface area contributed by atoms with Gasteiger partial charge in [-0.15, -0.1) is 0 Å². The van der Waals surface area contributed by atoms with Crippen molar-refractivity contribution in [2.75, 3.05) is 26.8 Å². The predicted molar refractivity (Wildman–Crippen MR) is 103 cm³/mol. The molecular formula is C20H20FN3O4S. The van der Waals surface area contributed by atoms with E-state index < -0.39 is 22.4 Å². The van der Waals surface area contributed by atoms with Crippen LogP contribution in [0.15, 0.2) is 47.4 Å². The largest absolute Gasteiger partial charge is 0.497 e. The lowest BCUT2D eigenvalue weighted by Gasteiger charge is -2.20. The Hall–Kier alpha value is -2.82. The average molecular weight is 417 g/mol. The van der Waals surface area contributed by atoms with Crippen molar-refractivity contribution in [2.24, 2.45) is 0 Å². The SMILES string of the molecule is COc1ccc(C#N)c(F)c1.N#Cc1ccc(S(=O)N2CCC(O)(CO)C2)cc1. The Morgan fingerprint density at radius 3 is 2.41 bits per heavy atom. The summed E-state index contributed by atoms with van der Waals surface area (Å²) in [5.41, 5.74) is -0.600. The van der Waals surface area contributed by atoms with E-state index in [0.29, 0.717) is 29.2 Å². The number of hydrogen-bond donors (Lipinski definition) is 2. The molecule has 2 aromatic rings. The number of aliphatic hydroxyl groups excluding tert-OH is 1. The van der Waals surface area contributed by atoms with Gasteiger partial charge in [0.15, 0.2) is 0 Å². The van der Waals surface area contributed by atoms with Crippen LogP contribution in [-0.2, 0) is 11.0 Å². The smallest absolute Gasteiger partial charge is 0.144 e. The maximum absolute atomic E-state index is 12.7. The van der Waals surface area contributed by atoms with E-state index in [-0.39, 0.29) is 18.7 Å². The second-order valence-corrected chi connectivity index (χ2v) is 7.83. The van der Waals surface area contributed by atoms with E-state index in [2.05, 4.69) is 0 Å². The maximum Gasteiger partial charge on any atom is 0.144 e. The summed E-state index contributed by atoms with van der Waals surface area (Å²) in [6.07, 6.45) is 0.408. The standard InChI is InChI=1S/C12H14N2O3S.C8H6FNO/c13-7-10-1-3-11(4-2-10)18(17)14-6-5-12(16,8-14)9-15;1-11-7-3-2-6(5-10)8(9)4-7/h1-4,15-16H,5-6,8-9H2;2-4H,1H3. The molecule has 0 spiro atoms. The van der Waals surface area contributed by atoms with E-state index in [0.717, 1.165) is 0 Å². The van der Waals surface area contributed by atoms with Crippen molar-refractivity contribution in [2.45, 2.75) is 16.9 Å². The first kappa shape index (κ1) is 22.5. The minimum Gasteiger partial charge on any atom is -0.497 e. The summed E-state index contributed by atoms with van der Waals surface area (Å²) < 4.78 is 31.3. The highest BCUT2D eigenvalue weighted by Crippen LogP contribution is 2.24. The van der Waals surface area contributed by atoms with Crippen LogP contribution in [0.1, 0.15) is 17.5 Å². The quantitative estimate of drug-likeness (QED) is 0.782. The number of rotatable bonds is 4. The molecule has 0 aromatic heterocycles. The fourth-order valence-electron chi connectivity index (χ4n) is 2.60. The Bertz CT molecular complexity index is 956. The molecule has 0 amide bonds. The molecule has 1 saturated heterocycles. The summed E-state index contributed by atoms with van der Waals surface area (Å²) in [6.45, 7) is 0.341. The van der Waals surface area contributed by atoms with Gasteiger partial charge in [0.1, 0.15) is 34.2 Å². The first-order valence-corrected chi connectivity index (χ1v) is 9.70. The summed E-state index contributed by atoms with van der Waals surface area (Å²) in [6, 6.07) is 14.3. The van der Waals surface area contributed by atoms with Gasteiger partial charge in [-0.2, -0.15) is 10.5 Å². The molecule has 1 heterocycles. The Labute approximate surface area is 170 Å². The van der Waals surface area contributed by atoms with Crippen molar-refractivity contribution in [3.8, 4) is 17.9 Å². The van der Waals surface area contributed by atoms with E-state index >= 15 is 0 Å². The fourth-order valence-corrected chi connectivity index (χ4v) is 3.88. The van der Waals surface area contributed by atoms with Gasteiger partial charge in [-0.1, -0.05) is 0 Å². The molecule has 3 rings (SSSR count). The Balaban J connectivity index is 0.000000234. The number of halogens is 1. The van der Waals surface area contributed by atoms with E-state index in [1.165, 1.54) is 19.2 Å².